The summed E-state index contributed by atoms with van der Waals surface area (Å²) < 4.78 is 0. The van der Waals surface area contributed by atoms with E-state index in [1.54, 1.807) is 0 Å². The monoisotopic (exact) mass is 387 g/mol. The molecule has 0 saturated carbocycles. The summed E-state index contributed by atoms with van der Waals surface area (Å²) in [5, 5.41) is 0. The van der Waals surface area contributed by atoms with Crippen LogP contribution in [0.3, 0.4) is 0 Å². The quantitative estimate of drug-likeness (QED) is 0.573. The lowest BCUT2D eigenvalue weighted by molar-refractivity contribution is 0.729. The number of nitrogens with zero attached hydrogens (tertiary/aromatic N) is 5. The maximum absolute atomic E-state index is 5.06. The Balaban J connectivity index is 1.88. The van der Waals surface area contributed by atoms with Gasteiger partial charge in [0, 0.05) is 30.7 Å². The van der Waals surface area contributed by atoms with Gasteiger partial charge in [0.1, 0.15) is 11.9 Å². The van der Waals surface area contributed by atoms with Gasteiger partial charge in [-0.05, 0) is 42.0 Å². The minimum absolute atomic E-state index is 0.170. The van der Waals surface area contributed by atoms with Crippen molar-refractivity contribution in [3.63, 3.8) is 0 Å². The molecule has 5 heteroatoms. The van der Waals surface area contributed by atoms with Gasteiger partial charge in [-0.15, -0.1) is 0 Å². The molecule has 0 amide bonds. The molecule has 3 heterocycles. The predicted octanol–water partition coefficient (Wildman–Crippen LogP) is 5.72. The maximum Gasteiger partial charge on any atom is 0.162 e. The summed E-state index contributed by atoms with van der Waals surface area (Å²) in [5.74, 6) is 2.45. The van der Waals surface area contributed by atoms with Gasteiger partial charge in [-0.25, -0.2) is 9.97 Å². The van der Waals surface area contributed by atoms with Gasteiger partial charge in [0.05, 0.1) is 6.20 Å². The lowest BCUT2D eigenvalue weighted by Crippen LogP contribution is -2.35. The summed E-state index contributed by atoms with van der Waals surface area (Å²) in [6.07, 6.45) is 6.07. The van der Waals surface area contributed by atoms with Crippen molar-refractivity contribution < 1.29 is 0 Å². The van der Waals surface area contributed by atoms with Crippen molar-refractivity contribution >= 4 is 17.2 Å². The summed E-state index contributed by atoms with van der Waals surface area (Å²) in [5.41, 5.74) is 5.72. The van der Waals surface area contributed by atoms with Crippen LogP contribution in [0, 0.1) is 0 Å². The molecule has 2 aromatic heterocycles. The van der Waals surface area contributed by atoms with Gasteiger partial charge in [0.2, 0.25) is 0 Å². The van der Waals surface area contributed by atoms with Crippen molar-refractivity contribution in [2.24, 2.45) is 0 Å². The van der Waals surface area contributed by atoms with Gasteiger partial charge in [-0.3, -0.25) is 4.98 Å². The van der Waals surface area contributed by atoms with Gasteiger partial charge >= 0.3 is 0 Å². The number of hydrogen-bond acceptors (Lipinski definition) is 5. The molecule has 1 unspecified atom stereocenters. The van der Waals surface area contributed by atoms with Crippen LogP contribution in [0.25, 0.3) is 11.4 Å². The first-order chi connectivity index (χ1) is 13.9. The molecule has 0 aliphatic carbocycles. The first-order valence-corrected chi connectivity index (χ1v) is 10.3. The number of aromatic nitrogens is 3. The first-order valence-electron chi connectivity index (χ1n) is 10.3. The topological polar surface area (TPSA) is 45.2 Å². The van der Waals surface area contributed by atoms with Crippen LogP contribution in [-0.4, -0.2) is 28.2 Å². The molecule has 4 rings (SSSR count). The van der Waals surface area contributed by atoms with Crippen LogP contribution >= 0.6 is 0 Å². The molecule has 150 valence electrons. The van der Waals surface area contributed by atoms with E-state index in [4.69, 9.17) is 9.97 Å². The Morgan fingerprint density at radius 1 is 0.897 bits per heavy atom. The molecule has 0 saturated heterocycles. The van der Waals surface area contributed by atoms with Gasteiger partial charge in [-0.1, -0.05) is 45.9 Å². The molecule has 0 spiro atoms. The number of para-hydroxylation sites is 1. The fraction of sp³-hybridized carbons (Fsp3) is 0.375. The van der Waals surface area contributed by atoms with E-state index in [1.165, 1.54) is 11.1 Å². The number of benzene rings is 1. The summed E-state index contributed by atoms with van der Waals surface area (Å²) >= 11 is 0. The number of rotatable bonds is 4. The van der Waals surface area contributed by atoms with E-state index >= 15 is 0 Å². The van der Waals surface area contributed by atoms with Gasteiger partial charge in [-0.2, -0.15) is 0 Å². The zero-order chi connectivity index (χ0) is 20.7. The highest BCUT2D eigenvalue weighted by molar-refractivity contribution is 5.82. The molecule has 0 N–H and O–H groups in total. The van der Waals surface area contributed by atoms with E-state index in [-0.39, 0.29) is 6.17 Å². The van der Waals surface area contributed by atoms with Gasteiger partial charge in [0.25, 0.3) is 0 Å². The van der Waals surface area contributed by atoms with Crippen molar-refractivity contribution in [1.29, 1.82) is 0 Å². The third-order valence-electron chi connectivity index (χ3n) is 5.78. The third-order valence-corrected chi connectivity index (χ3v) is 5.78. The molecule has 0 bridgehead atoms. The van der Waals surface area contributed by atoms with Gasteiger partial charge in [0.15, 0.2) is 11.6 Å². The number of anilines is 3. The Bertz CT molecular complexity index is 987. The average Bonchev–Trinajstić information content (AvgIpc) is 2.98. The molecular formula is C24H29N5. The van der Waals surface area contributed by atoms with Crippen LogP contribution in [0.5, 0.6) is 0 Å². The minimum atomic E-state index is 0.170. The first kappa shape index (κ1) is 19.4. The zero-order valence-electron chi connectivity index (χ0n) is 18.1. The molecule has 29 heavy (non-hydrogen) atoms. The molecule has 0 radical (unpaired) electrons. The van der Waals surface area contributed by atoms with Crippen molar-refractivity contribution in [3.05, 3.63) is 60.0 Å². The van der Waals surface area contributed by atoms with Crippen LogP contribution in [0.2, 0.25) is 0 Å². The molecule has 1 atom stereocenters. The molecule has 1 aromatic carbocycles. The Labute approximate surface area is 173 Å². The second-order valence-electron chi connectivity index (χ2n) is 8.35. The molecule has 5 nitrogen and oxygen atoms in total. The maximum atomic E-state index is 5.06. The highest BCUT2D eigenvalue weighted by Gasteiger charge is 2.34. The molecule has 1 aliphatic heterocycles. The van der Waals surface area contributed by atoms with E-state index in [2.05, 4.69) is 80.7 Å². The van der Waals surface area contributed by atoms with Gasteiger partial charge < -0.3 is 9.80 Å². The van der Waals surface area contributed by atoms with Crippen LogP contribution in [0.15, 0.2) is 48.9 Å². The largest absolute Gasteiger partial charge is 0.337 e. The Morgan fingerprint density at radius 3 is 2.10 bits per heavy atom. The fourth-order valence-electron chi connectivity index (χ4n) is 4.04. The third kappa shape index (κ3) is 3.24. The highest BCUT2D eigenvalue weighted by Crippen LogP contribution is 2.43. The summed E-state index contributed by atoms with van der Waals surface area (Å²) in [6.45, 7) is 11.0. The van der Waals surface area contributed by atoms with Crippen molar-refractivity contribution in [3.8, 4) is 11.4 Å². The van der Waals surface area contributed by atoms with Crippen molar-refractivity contribution in [2.45, 2.75) is 52.6 Å². The zero-order valence-corrected chi connectivity index (χ0v) is 18.1. The standard InChI is InChI=1S/C24H29N5/c1-15(2)19-12-25-13-20(16(3)4)22(19)23-26-14-21-24(27-23)28(6)17(5)29(21)18-10-8-7-9-11-18/h7-17H,1-6H3. The lowest BCUT2D eigenvalue weighted by Gasteiger charge is -2.26. The number of pyridine rings is 1. The van der Waals surface area contributed by atoms with Crippen LogP contribution < -0.4 is 9.80 Å². The van der Waals surface area contributed by atoms with Crippen molar-refractivity contribution in [1.82, 2.24) is 15.0 Å². The normalized spacial score (nSPS) is 16.1. The smallest absolute Gasteiger partial charge is 0.162 e. The number of hydrogen-bond donors (Lipinski definition) is 0. The van der Waals surface area contributed by atoms with Crippen molar-refractivity contribution in [2.75, 3.05) is 16.8 Å². The summed E-state index contributed by atoms with van der Waals surface area (Å²) in [4.78, 5) is 18.9. The van der Waals surface area contributed by atoms with Crippen LogP contribution in [-0.2, 0) is 0 Å². The second-order valence-corrected chi connectivity index (χ2v) is 8.35. The summed E-state index contributed by atoms with van der Waals surface area (Å²) in [7, 11) is 2.10. The average molecular weight is 388 g/mol. The highest BCUT2D eigenvalue weighted by atomic mass is 15.4. The van der Waals surface area contributed by atoms with E-state index in [1.807, 2.05) is 24.7 Å². The predicted molar refractivity (Wildman–Crippen MR) is 120 cm³/mol. The Kier molecular flexibility index (Phi) is 4.99. The fourth-order valence-corrected chi connectivity index (χ4v) is 4.04. The summed E-state index contributed by atoms with van der Waals surface area (Å²) in [6, 6.07) is 10.4. The van der Waals surface area contributed by atoms with E-state index in [0.29, 0.717) is 11.8 Å². The van der Waals surface area contributed by atoms with Crippen LogP contribution in [0.4, 0.5) is 17.2 Å². The SMILES string of the molecule is CC(C)c1cncc(C(C)C)c1-c1ncc2c(n1)N(C)C(C)N2c1ccccc1. The molecular weight excluding hydrogens is 358 g/mol. The van der Waals surface area contributed by atoms with E-state index in [0.717, 1.165) is 28.6 Å². The molecule has 0 fully saturated rings. The van der Waals surface area contributed by atoms with E-state index in [9.17, 15) is 0 Å². The van der Waals surface area contributed by atoms with Crippen LogP contribution in [0.1, 0.15) is 57.6 Å². The lowest BCUT2D eigenvalue weighted by atomic mass is 9.90. The second kappa shape index (κ2) is 7.47. The minimum Gasteiger partial charge on any atom is -0.337 e. The Hall–Kier alpha value is -2.95. The Morgan fingerprint density at radius 2 is 1.52 bits per heavy atom. The molecule has 1 aliphatic rings. The number of fused-ring (bicyclic) bond motifs is 1. The molecule has 3 aromatic rings. The van der Waals surface area contributed by atoms with E-state index < -0.39 is 0 Å².